The number of nitrogens with zero attached hydrogens (tertiary/aromatic N) is 2. The van der Waals surface area contributed by atoms with Gasteiger partial charge in [0.25, 0.3) is 0 Å². The van der Waals surface area contributed by atoms with Crippen molar-refractivity contribution in [2.24, 2.45) is 0 Å². The van der Waals surface area contributed by atoms with Gasteiger partial charge in [-0.25, -0.2) is 0 Å². The summed E-state index contributed by atoms with van der Waals surface area (Å²) in [6, 6.07) is 9.78. The molecule has 2 rings (SSSR count). The van der Waals surface area contributed by atoms with Crippen LogP contribution in [0.4, 0.5) is 5.69 Å². The van der Waals surface area contributed by atoms with Crippen molar-refractivity contribution < 1.29 is 4.79 Å². The van der Waals surface area contributed by atoms with Gasteiger partial charge in [-0.15, -0.1) is 0 Å². The molecule has 1 aromatic carbocycles. The first-order chi connectivity index (χ1) is 9.19. The second-order valence-electron chi connectivity index (χ2n) is 4.86. The Morgan fingerprint density at radius 2 is 2.21 bits per heavy atom. The molecule has 0 aromatic heterocycles. The van der Waals surface area contributed by atoms with Gasteiger partial charge in [-0.2, -0.15) is 5.26 Å². The molecular weight excluding hydrogens is 238 g/mol. The van der Waals surface area contributed by atoms with Crippen LogP contribution in [0.5, 0.6) is 0 Å². The van der Waals surface area contributed by atoms with Gasteiger partial charge in [0.05, 0.1) is 12.5 Å². The van der Waals surface area contributed by atoms with Crippen molar-refractivity contribution in [3.8, 4) is 6.07 Å². The molecule has 1 heterocycles. The zero-order chi connectivity index (χ0) is 13.8. The van der Waals surface area contributed by atoms with Crippen molar-refractivity contribution in [1.82, 2.24) is 5.32 Å². The Morgan fingerprint density at radius 3 is 2.89 bits per heavy atom. The Hall–Kier alpha value is -1.86. The predicted octanol–water partition coefficient (Wildman–Crippen LogP) is 1.86. The van der Waals surface area contributed by atoms with Crippen molar-refractivity contribution in [3.05, 3.63) is 29.8 Å². The smallest absolute Gasteiger partial charge is 0.245 e. The molecule has 19 heavy (non-hydrogen) atoms. The maximum Gasteiger partial charge on any atom is 0.245 e. The van der Waals surface area contributed by atoms with Crippen LogP contribution in [0.2, 0.25) is 0 Å². The monoisotopic (exact) mass is 257 g/mol. The molecule has 1 saturated heterocycles. The fourth-order valence-corrected chi connectivity index (χ4v) is 2.53. The molecule has 0 saturated carbocycles. The van der Waals surface area contributed by atoms with E-state index < -0.39 is 0 Å². The first-order valence-electron chi connectivity index (χ1n) is 6.70. The summed E-state index contributed by atoms with van der Waals surface area (Å²) in [4.78, 5) is 14.4. The van der Waals surface area contributed by atoms with Gasteiger partial charge in [0.1, 0.15) is 6.04 Å². The van der Waals surface area contributed by atoms with Crippen molar-refractivity contribution >= 4 is 11.6 Å². The van der Waals surface area contributed by atoms with Crippen LogP contribution >= 0.6 is 0 Å². The number of hydrogen-bond donors (Lipinski definition) is 1. The average Bonchev–Trinajstić information content (AvgIpc) is 2.43. The van der Waals surface area contributed by atoms with Crippen molar-refractivity contribution in [2.45, 2.75) is 38.8 Å². The molecular formula is C15H19N3O. The lowest BCUT2D eigenvalue weighted by atomic mass is 10.0. The molecule has 2 atom stereocenters. The number of hydrogen-bond acceptors (Lipinski definition) is 3. The molecule has 1 N–H and O–H groups in total. The highest BCUT2D eigenvalue weighted by Crippen LogP contribution is 2.26. The van der Waals surface area contributed by atoms with Gasteiger partial charge in [0.15, 0.2) is 0 Å². The zero-order valence-electron chi connectivity index (χ0n) is 11.4. The number of amides is 1. The third-order valence-electron chi connectivity index (χ3n) is 3.56. The van der Waals surface area contributed by atoms with Crippen LogP contribution in [0.3, 0.4) is 0 Å². The molecule has 4 heteroatoms. The van der Waals surface area contributed by atoms with Gasteiger partial charge in [-0.3, -0.25) is 4.79 Å². The highest BCUT2D eigenvalue weighted by atomic mass is 16.2. The number of nitrogens with one attached hydrogen (secondary N) is 1. The molecule has 1 aromatic rings. The van der Waals surface area contributed by atoms with Gasteiger partial charge in [-0.05, 0) is 25.0 Å². The summed E-state index contributed by atoms with van der Waals surface area (Å²) in [5, 5.41) is 11.9. The lowest BCUT2D eigenvalue weighted by Crippen LogP contribution is -2.59. The Balaban J connectivity index is 2.35. The molecule has 0 radical (unpaired) electrons. The van der Waals surface area contributed by atoms with E-state index in [-0.39, 0.29) is 24.4 Å². The van der Waals surface area contributed by atoms with E-state index in [1.807, 2.05) is 30.0 Å². The topological polar surface area (TPSA) is 56.1 Å². The third kappa shape index (κ3) is 2.61. The minimum absolute atomic E-state index is 0.00111. The Kier molecular flexibility index (Phi) is 4.18. The van der Waals surface area contributed by atoms with Crippen LogP contribution in [0.1, 0.15) is 25.8 Å². The number of carbonyl (C=O) groups excluding carboxylic acids is 1. The maximum atomic E-state index is 12.5. The van der Waals surface area contributed by atoms with Crippen molar-refractivity contribution in [2.75, 3.05) is 11.4 Å². The number of aryl methyl sites for hydroxylation is 1. The third-order valence-corrected chi connectivity index (χ3v) is 3.56. The van der Waals surface area contributed by atoms with Crippen molar-refractivity contribution in [1.29, 1.82) is 5.26 Å². The summed E-state index contributed by atoms with van der Waals surface area (Å²) in [5.41, 5.74) is 2.15. The van der Waals surface area contributed by atoms with E-state index in [1.54, 1.807) is 0 Å². The van der Waals surface area contributed by atoms with Crippen molar-refractivity contribution in [3.63, 3.8) is 0 Å². The molecule has 4 nitrogen and oxygen atoms in total. The zero-order valence-corrected chi connectivity index (χ0v) is 11.4. The lowest BCUT2D eigenvalue weighted by Gasteiger charge is -2.38. The van der Waals surface area contributed by atoms with Crippen LogP contribution in [-0.4, -0.2) is 24.5 Å². The molecule has 0 aliphatic carbocycles. The van der Waals surface area contributed by atoms with E-state index in [0.717, 1.165) is 18.7 Å². The van der Waals surface area contributed by atoms with Crippen LogP contribution in [0, 0.1) is 11.3 Å². The Bertz CT molecular complexity index is 506. The largest absolute Gasteiger partial charge is 0.307 e. The van der Waals surface area contributed by atoms with Gasteiger partial charge < -0.3 is 10.2 Å². The maximum absolute atomic E-state index is 12.5. The number of nitriles is 1. The normalized spacial score (nSPS) is 23.2. The summed E-state index contributed by atoms with van der Waals surface area (Å²) >= 11 is 0. The number of rotatable bonds is 3. The number of carbonyl (C=O) groups is 1. The van der Waals surface area contributed by atoms with E-state index >= 15 is 0 Å². The Morgan fingerprint density at radius 1 is 1.47 bits per heavy atom. The first kappa shape index (κ1) is 13.6. The van der Waals surface area contributed by atoms with Gasteiger partial charge in [0.2, 0.25) is 5.91 Å². The molecule has 1 amide bonds. The van der Waals surface area contributed by atoms with Crippen LogP contribution < -0.4 is 10.2 Å². The summed E-state index contributed by atoms with van der Waals surface area (Å²) in [5.74, 6) is 0.00111. The van der Waals surface area contributed by atoms with E-state index in [1.165, 1.54) is 5.56 Å². The second kappa shape index (κ2) is 5.85. The molecule has 100 valence electrons. The van der Waals surface area contributed by atoms with Crippen LogP contribution in [0.15, 0.2) is 24.3 Å². The van der Waals surface area contributed by atoms with Crippen LogP contribution in [-0.2, 0) is 11.2 Å². The number of piperazine rings is 1. The quantitative estimate of drug-likeness (QED) is 0.899. The van der Waals surface area contributed by atoms with E-state index in [0.29, 0.717) is 0 Å². The lowest BCUT2D eigenvalue weighted by molar-refractivity contribution is -0.122. The molecule has 1 fully saturated rings. The SMILES string of the molecule is CCc1ccccc1N1C(=O)C(CC#N)NCC1C. The molecule has 0 bridgehead atoms. The number of para-hydroxylation sites is 1. The summed E-state index contributed by atoms with van der Waals surface area (Å²) < 4.78 is 0. The minimum Gasteiger partial charge on any atom is -0.307 e. The molecule has 1 aliphatic rings. The fraction of sp³-hybridized carbons (Fsp3) is 0.467. The van der Waals surface area contributed by atoms with Gasteiger partial charge in [0, 0.05) is 18.3 Å². The number of benzene rings is 1. The van der Waals surface area contributed by atoms with E-state index in [4.69, 9.17) is 5.26 Å². The fourth-order valence-electron chi connectivity index (χ4n) is 2.53. The van der Waals surface area contributed by atoms with E-state index in [9.17, 15) is 4.79 Å². The first-order valence-corrected chi connectivity index (χ1v) is 6.70. The predicted molar refractivity (Wildman–Crippen MR) is 74.8 cm³/mol. The second-order valence-corrected chi connectivity index (χ2v) is 4.86. The standard InChI is InChI=1S/C15H19N3O/c1-3-12-6-4-5-7-14(12)18-11(2)10-17-13(8-9-16)15(18)19/h4-7,11,13,17H,3,8,10H2,1-2H3. The summed E-state index contributed by atoms with van der Waals surface area (Å²) in [6.45, 7) is 4.83. The highest BCUT2D eigenvalue weighted by molar-refractivity contribution is 5.99. The van der Waals surface area contributed by atoms with Gasteiger partial charge in [-0.1, -0.05) is 25.1 Å². The van der Waals surface area contributed by atoms with Gasteiger partial charge >= 0.3 is 0 Å². The Labute approximate surface area is 114 Å². The summed E-state index contributed by atoms with van der Waals surface area (Å²) in [6.07, 6.45) is 1.11. The highest BCUT2D eigenvalue weighted by Gasteiger charge is 2.34. The summed E-state index contributed by atoms with van der Waals surface area (Å²) in [7, 11) is 0. The molecule has 0 spiro atoms. The molecule has 2 unspecified atom stereocenters. The van der Waals surface area contributed by atoms with Crippen LogP contribution in [0.25, 0.3) is 0 Å². The molecule has 1 aliphatic heterocycles. The number of anilines is 1. The average molecular weight is 257 g/mol. The minimum atomic E-state index is -0.383. The van der Waals surface area contributed by atoms with E-state index in [2.05, 4.69) is 24.4 Å².